The van der Waals surface area contributed by atoms with Crippen LogP contribution in [-0.4, -0.2) is 9.55 Å². The molecular formula is C14H18FN3. The largest absolute Gasteiger partial charge is 0.323 e. The van der Waals surface area contributed by atoms with E-state index in [2.05, 4.69) is 11.6 Å². The van der Waals surface area contributed by atoms with Gasteiger partial charge in [-0.25, -0.2) is 9.37 Å². The van der Waals surface area contributed by atoms with Crippen LogP contribution in [0.5, 0.6) is 0 Å². The number of allylic oxidation sites excluding steroid dienone is 1. The molecule has 1 unspecified atom stereocenters. The second-order valence-electron chi connectivity index (χ2n) is 4.66. The van der Waals surface area contributed by atoms with Crippen molar-refractivity contribution in [2.45, 2.75) is 32.9 Å². The summed E-state index contributed by atoms with van der Waals surface area (Å²) >= 11 is 0. The molecule has 3 nitrogen and oxygen atoms in total. The minimum Gasteiger partial charge on any atom is -0.323 e. The summed E-state index contributed by atoms with van der Waals surface area (Å²) in [7, 11) is 0. The first-order chi connectivity index (χ1) is 8.52. The van der Waals surface area contributed by atoms with E-state index in [1.165, 1.54) is 12.1 Å². The first-order valence-corrected chi connectivity index (χ1v) is 6.08. The highest BCUT2D eigenvalue weighted by atomic mass is 19.1. The number of rotatable bonds is 4. The van der Waals surface area contributed by atoms with Gasteiger partial charge in [0.1, 0.15) is 11.6 Å². The van der Waals surface area contributed by atoms with Crippen LogP contribution in [0.1, 0.15) is 32.1 Å². The summed E-state index contributed by atoms with van der Waals surface area (Å²) < 4.78 is 15.2. The van der Waals surface area contributed by atoms with E-state index in [-0.39, 0.29) is 11.9 Å². The number of benzene rings is 1. The van der Waals surface area contributed by atoms with Crippen molar-refractivity contribution in [1.29, 1.82) is 0 Å². The fourth-order valence-electron chi connectivity index (χ4n) is 2.02. The molecule has 0 bridgehead atoms. The number of hydrogen-bond acceptors (Lipinski definition) is 2. The lowest BCUT2D eigenvalue weighted by atomic mass is 10.2. The summed E-state index contributed by atoms with van der Waals surface area (Å²) in [6.07, 6.45) is 0.794. The van der Waals surface area contributed by atoms with Crippen LogP contribution in [-0.2, 0) is 6.54 Å². The van der Waals surface area contributed by atoms with Gasteiger partial charge in [-0.2, -0.15) is 0 Å². The second-order valence-corrected chi connectivity index (χ2v) is 4.66. The molecule has 0 fully saturated rings. The molecule has 0 saturated heterocycles. The Kier molecular flexibility index (Phi) is 3.48. The van der Waals surface area contributed by atoms with Gasteiger partial charge in [-0.3, -0.25) is 0 Å². The standard InChI is InChI=1S/C14H18FN3/c1-4-11(16)14-17-12-7-10(15)5-6-13(12)18(14)8-9(2)3/h5-7,11H,2,4,8,16H2,1,3H3. The quantitative estimate of drug-likeness (QED) is 0.843. The maximum absolute atomic E-state index is 13.2. The summed E-state index contributed by atoms with van der Waals surface area (Å²) in [5, 5.41) is 0. The zero-order valence-electron chi connectivity index (χ0n) is 10.8. The summed E-state index contributed by atoms with van der Waals surface area (Å²) in [4.78, 5) is 4.45. The van der Waals surface area contributed by atoms with Gasteiger partial charge in [-0.15, -0.1) is 0 Å². The third-order valence-electron chi connectivity index (χ3n) is 2.94. The molecule has 2 aromatic rings. The van der Waals surface area contributed by atoms with Crippen molar-refractivity contribution in [3.63, 3.8) is 0 Å². The van der Waals surface area contributed by atoms with Crippen molar-refractivity contribution in [1.82, 2.24) is 9.55 Å². The van der Waals surface area contributed by atoms with Crippen LogP contribution in [0.15, 0.2) is 30.4 Å². The molecule has 1 aromatic heterocycles. The number of hydrogen-bond donors (Lipinski definition) is 1. The average molecular weight is 247 g/mol. The molecule has 0 amide bonds. The van der Waals surface area contributed by atoms with Crippen LogP contribution < -0.4 is 5.73 Å². The summed E-state index contributed by atoms with van der Waals surface area (Å²) in [6.45, 7) is 8.54. The van der Waals surface area contributed by atoms with Gasteiger partial charge in [0.15, 0.2) is 0 Å². The highest BCUT2D eigenvalue weighted by molar-refractivity contribution is 5.76. The van der Waals surface area contributed by atoms with E-state index in [9.17, 15) is 4.39 Å². The number of halogens is 1. The highest BCUT2D eigenvalue weighted by Gasteiger charge is 2.16. The second kappa shape index (κ2) is 4.90. The lowest BCUT2D eigenvalue weighted by molar-refractivity contribution is 0.603. The Morgan fingerprint density at radius 1 is 1.56 bits per heavy atom. The minimum atomic E-state index is -0.279. The Morgan fingerprint density at radius 2 is 2.28 bits per heavy atom. The van der Waals surface area contributed by atoms with Crippen molar-refractivity contribution in [2.75, 3.05) is 0 Å². The van der Waals surface area contributed by atoms with Crippen LogP contribution >= 0.6 is 0 Å². The Balaban J connectivity index is 2.63. The Hall–Kier alpha value is -1.68. The molecule has 1 heterocycles. The predicted molar refractivity (Wildman–Crippen MR) is 71.7 cm³/mol. The molecule has 0 aliphatic heterocycles. The molecule has 0 aliphatic carbocycles. The van der Waals surface area contributed by atoms with E-state index in [0.29, 0.717) is 12.1 Å². The Morgan fingerprint density at radius 3 is 2.89 bits per heavy atom. The maximum atomic E-state index is 13.2. The van der Waals surface area contributed by atoms with E-state index < -0.39 is 0 Å². The van der Waals surface area contributed by atoms with Crippen LogP contribution in [0.4, 0.5) is 4.39 Å². The van der Waals surface area contributed by atoms with Gasteiger partial charge in [0.2, 0.25) is 0 Å². The van der Waals surface area contributed by atoms with Gasteiger partial charge in [0, 0.05) is 12.6 Å². The molecule has 0 saturated carbocycles. The molecule has 1 aromatic carbocycles. The number of nitrogens with zero attached hydrogens (tertiary/aromatic N) is 2. The summed E-state index contributed by atoms with van der Waals surface area (Å²) in [5.74, 6) is 0.514. The smallest absolute Gasteiger partial charge is 0.127 e. The van der Waals surface area contributed by atoms with Crippen LogP contribution in [0.25, 0.3) is 11.0 Å². The number of nitrogens with two attached hydrogens (primary N) is 1. The summed E-state index contributed by atoms with van der Waals surface area (Å²) in [5.41, 5.74) is 8.63. The Labute approximate surface area is 106 Å². The Bertz CT molecular complexity index is 586. The van der Waals surface area contributed by atoms with Crippen molar-refractivity contribution < 1.29 is 4.39 Å². The van der Waals surface area contributed by atoms with Crippen LogP contribution in [0.2, 0.25) is 0 Å². The lowest BCUT2D eigenvalue weighted by Gasteiger charge is -2.13. The normalized spacial score (nSPS) is 12.9. The van der Waals surface area contributed by atoms with Gasteiger partial charge >= 0.3 is 0 Å². The molecule has 18 heavy (non-hydrogen) atoms. The molecular weight excluding hydrogens is 229 g/mol. The van der Waals surface area contributed by atoms with Gasteiger partial charge in [-0.1, -0.05) is 19.1 Å². The van der Waals surface area contributed by atoms with Crippen LogP contribution in [0, 0.1) is 5.82 Å². The molecule has 2 rings (SSSR count). The SMILES string of the molecule is C=C(C)Cn1c(C(N)CC)nc2cc(F)ccc21. The first kappa shape index (κ1) is 12.8. The van der Waals surface area contributed by atoms with Gasteiger partial charge in [0.25, 0.3) is 0 Å². The fraction of sp³-hybridized carbons (Fsp3) is 0.357. The van der Waals surface area contributed by atoms with E-state index in [4.69, 9.17) is 5.73 Å². The van der Waals surface area contributed by atoms with Crippen molar-refractivity contribution in [2.24, 2.45) is 5.73 Å². The van der Waals surface area contributed by atoms with E-state index in [1.807, 2.05) is 18.4 Å². The first-order valence-electron chi connectivity index (χ1n) is 6.08. The number of fused-ring (bicyclic) bond motifs is 1. The minimum absolute atomic E-state index is 0.139. The maximum Gasteiger partial charge on any atom is 0.127 e. The van der Waals surface area contributed by atoms with Crippen molar-refractivity contribution in [3.8, 4) is 0 Å². The molecule has 0 aliphatic rings. The third kappa shape index (κ3) is 2.29. The lowest BCUT2D eigenvalue weighted by Crippen LogP contribution is -2.16. The van der Waals surface area contributed by atoms with E-state index >= 15 is 0 Å². The van der Waals surface area contributed by atoms with Crippen molar-refractivity contribution in [3.05, 3.63) is 42.0 Å². The van der Waals surface area contributed by atoms with Crippen LogP contribution in [0.3, 0.4) is 0 Å². The molecule has 1 atom stereocenters. The number of aromatic nitrogens is 2. The third-order valence-corrected chi connectivity index (χ3v) is 2.94. The summed E-state index contributed by atoms with van der Waals surface area (Å²) in [6, 6.07) is 4.49. The molecule has 2 N–H and O–H groups in total. The fourth-order valence-corrected chi connectivity index (χ4v) is 2.02. The molecule has 0 radical (unpaired) electrons. The predicted octanol–water partition coefficient (Wildman–Crippen LogP) is 3.16. The topological polar surface area (TPSA) is 43.8 Å². The molecule has 0 spiro atoms. The zero-order valence-corrected chi connectivity index (χ0v) is 10.8. The van der Waals surface area contributed by atoms with Gasteiger partial charge in [0.05, 0.1) is 17.1 Å². The number of imidazole rings is 1. The molecule has 96 valence electrons. The zero-order chi connectivity index (χ0) is 13.3. The monoisotopic (exact) mass is 247 g/mol. The molecule has 4 heteroatoms. The van der Waals surface area contributed by atoms with Gasteiger partial charge in [-0.05, 0) is 25.5 Å². The van der Waals surface area contributed by atoms with Crippen molar-refractivity contribution >= 4 is 11.0 Å². The van der Waals surface area contributed by atoms with E-state index in [1.54, 1.807) is 6.07 Å². The highest BCUT2D eigenvalue weighted by Crippen LogP contribution is 2.23. The average Bonchev–Trinajstić information content (AvgIpc) is 2.65. The van der Waals surface area contributed by atoms with Gasteiger partial charge < -0.3 is 10.3 Å². The van der Waals surface area contributed by atoms with E-state index in [0.717, 1.165) is 23.3 Å².